The summed E-state index contributed by atoms with van der Waals surface area (Å²) in [5.41, 5.74) is 1.01. The Balaban J connectivity index is 1.85. The SMILES string of the molecule is CC(C)Cn1ncnc1CC(O)CCc1ccccn1. The van der Waals surface area contributed by atoms with Crippen LogP contribution in [-0.2, 0) is 19.4 Å². The number of rotatable bonds is 7. The van der Waals surface area contributed by atoms with Crippen LogP contribution in [0.1, 0.15) is 31.8 Å². The number of aliphatic hydroxyl groups is 1. The van der Waals surface area contributed by atoms with Crippen molar-refractivity contribution in [2.45, 2.75) is 45.8 Å². The van der Waals surface area contributed by atoms with Crippen molar-refractivity contribution in [3.63, 3.8) is 0 Å². The Kier molecular flexibility index (Phi) is 5.24. The molecule has 108 valence electrons. The highest BCUT2D eigenvalue weighted by Crippen LogP contribution is 2.08. The number of pyridine rings is 1. The number of hydrogen-bond acceptors (Lipinski definition) is 4. The molecule has 5 heteroatoms. The van der Waals surface area contributed by atoms with Gasteiger partial charge < -0.3 is 5.11 Å². The lowest BCUT2D eigenvalue weighted by Crippen LogP contribution is -2.18. The van der Waals surface area contributed by atoms with Crippen molar-refractivity contribution in [3.8, 4) is 0 Å². The highest BCUT2D eigenvalue weighted by Gasteiger charge is 2.12. The quantitative estimate of drug-likeness (QED) is 0.837. The Hall–Kier alpha value is -1.75. The predicted octanol–water partition coefficient (Wildman–Crippen LogP) is 1.87. The molecule has 0 spiro atoms. The first-order valence-electron chi connectivity index (χ1n) is 7.10. The number of aryl methyl sites for hydroxylation is 1. The van der Waals surface area contributed by atoms with E-state index in [4.69, 9.17) is 0 Å². The van der Waals surface area contributed by atoms with Crippen molar-refractivity contribution in [3.05, 3.63) is 42.2 Å². The second-order valence-electron chi connectivity index (χ2n) is 5.47. The Morgan fingerprint density at radius 1 is 1.25 bits per heavy atom. The van der Waals surface area contributed by atoms with E-state index in [-0.39, 0.29) is 0 Å². The van der Waals surface area contributed by atoms with E-state index in [1.54, 1.807) is 12.5 Å². The average Bonchev–Trinajstić information content (AvgIpc) is 2.84. The molecule has 0 amide bonds. The fraction of sp³-hybridized carbons (Fsp3) is 0.533. The van der Waals surface area contributed by atoms with E-state index in [1.165, 1.54) is 0 Å². The minimum atomic E-state index is -0.410. The Morgan fingerprint density at radius 2 is 2.10 bits per heavy atom. The Bertz CT molecular complexity index is 510. The number of hydrogen-bond donors (Lipinski definition) is 1. The summed E-state index contributed by atoms with van der Waals surface area (Å²) in [5, 5.41) is 14.3. The Morgan fingerprint density at radius 3 is 2.80 bits per heavy atom. The van der Waals surface area contributed by atoms with Crippen molar-refractivity contribution < 1.29 is 5.11 Å². The predicted molar refractivity (Wildman–Crippen MR) is 77.1 cm³/mol. The van der Waals surface area contributed by atoms with Crippen molar-refractivity contribution in [2.24, 2.45) is 5.92 Å². The highest BCUT2D eigenvalue weighted by atomic mass is 16.3. The van der Waals surface area contributed by atoms with Gasteiger partial charge in [0.05, 0.1) is 6.10 Å². The van der Waals surface area contributed by atoms with Crippen LogP contribution >= 0.6 is 0 Å². The topological polar surface area (TPSA) is 63.8 Å². The van der Waals surface area contributed by atoms with E-state index in [2.05, 4.69) is 28.9 Å². The summed E-state index contributed by atoms with van der Waals surface area (Å²) in [6, 6.07) is 5.84. The zero-order valence-electron chi connectivity index (χ0n) is 12.1. The molecule has 1 unspecified atom stereocenters. The van der Waals surface area contributed by atoms with E-state index in [0.29, 0.717) is 18.8 Å². The molecular weight excluding hydrogens is 252 g/mol. The van der Waals surface area contributed by atoms with Gasteiger partial charge in [0.2, 0.25) is 0 Å². The van der Waals surface area contributed by atoms with E-state index >= 15 is 0 Å². The number of aliphatic hydroxyl groups excluding tert-OH is 1. The van der Waals surface area contributed by atoms with Gasteiger partial charge in [-0.25, -0.2) is 9.67 Å². The molecule has 1 atom stereocenters. The van der Waals surface area contributed by atoms with Gasteiger partial charge in [-0.15, -0.1) is 0 Å². The van der Waals surface area contributed by atoms with E-state index in [0.717, 1.165) is 24.5 Å². The van der Waals surface area contributed by atoms with Gasteiger partial charge in [0.15, 0.2) is 0 Å². The molecule has 0 aliphatic heterocycles. The maximum atomic E-state index is 10.1. The van der Waals surface area contributed by atoms with Gasteiger partial charge in [0, 0.05) is 24.9 Å². The first-order chi connectivity index (χ1) is 9.65. The van der Waals surface area contributed by atoms with Gasteiger partial charge in [-0.3, -0.25) is 4.98 Å². The summed E-state index contributed by atoms with van der Waals surface area (Å²) in [6.07, 6.45) is 4.93. The third kappa shape index (κ3) is 4.42. The Labute approximate surface area is 119 Å². The smallest absolute Gasteiger partial charge is 0.138 e. The van der Waals surface area contributed by atoms with Crippen LogP contribution in [0.2, 0.25) is 0 Å². The van der Waals surface area contributed by atoms with Gasteiger partial charge in [0.1, 0.15) is 12.2 Å². The van der Waals surface area contributed by atoms with Crippen LogP contribution in [0.3, 0.4) is 0 Å². The van der Waals surface area contributed by atoms with Crippen molar-refractivity contribution >= 4 is 0 Å². The summed E-state index contributed by atoms with van der Waals surface area (Å²) < 4.78 is 1.88. The standard InChI is InChI=1S/C15H22N4O/c1-12(2)10-19-15(17-11-18-19)9-14(20)7-6-13-5-3-4-8-16-13/h3-5,8,11-12,14,20H,6-7,9-10H2,1-2H3. The maximum absolute atomic E-state index is 10.1. The minimum Gasteiger partial charge on any atom is -0.393 e. The largest absolute Gasteiger partial charge is 0.393 e. The van der Waals surface area contributed by atoms with Crippen LogP contribution in [0, 0.1) is 5.92 Å². The third-order valence-corrected chi connectivity index (χ3v) is 3.11. The number of aromatic nitrogens is 4. The lowest BCUT2D eigenvalue weighted by Gasteiger charge is -2.12. The van der Waals surface area contributed by atoms with Crippen LogP contribution in [0.15, 0.2) is 30.7 Å². The molecule has 5 nitrogen and oxygen atoms in total. The molecule has 1 N–H and O–H groups in total. The molecule has 2 aromatic heterocycles. The summed E-state index contributed by atoms with van der Waals surface area (Å²) in [5.74, 6) is 1.37. The lowest BCUT2D eigenvalue weighted by atomic mass is 10.1. The molecule has 2 aromatic rings. The van der Waals surface area contributed by atoms with Gasteiger partial charge in [-0.1, -0.05) is 19.9 Å². The molecule has 2 heterocycles. The normalized spacial score (nSPS) is 12.8. The van der Waals surface area contributed by atoms with E-state index < -0.39 is 6.10 Å². The molecular formula is C15H22N4O. The van der Waals surface area contributed by atoms with Gasteiger partial charge >= 0.3 is 0 Å². The molecule has 20 heavy (non-hydrogen) atoms. The molecule has 0 saturated heterocycles. The molecule has 2 rings (SSSR count). The molecule has 0 bridgehead atoms. The molecule has 0 radical (unpaired) electrons. The van der Waals surface area contributed by atoms with Gasteiger partial charge in [-0.2, -0.15) is 5.10 Å². The average molecular weight is 274 g/mol. The van der Waals surface area contributed by atoms with Gasteiger partial charge in [-0.05, 0) is 30.9 Å². The summed E-state index contributed by atoms with van der Waals surface area (Å²) in [6.45, 7) is 5.12. The monoisotopic (exact) mass is 274 g/mol. The summed E-state index contributed by atoms with van der Waals surface area (Å²) >= 11 is 0. The summed E-state index contributed by atoms with van der Waals surface area (Å²) in [4.78, 5) is 8.50. The van der Waals surface area contributed by atoms with Crippen LogP contribution in [0.25, 0.3) is 0 Å². The van der Waals surface area contributed by atoms with Crippen LogP contribution < -0.4 is 0 Å². The lowest BCUT2D eigenvalue weighted by molar-refractivity contribution is 0.160. The molecule has 0 aromatic carbocycles. The minimum absolute atomic E-state index is 0.410. The van der Waals surface area contributed by atoms with Crippen molar-refractivity contribution in [1.29, 1.82) is 0 Å². The van der Waals surface area contributed by atoms with Gasteiger partial charge in [0.25, 0.3) is 0 Å². The second kappa shape index (κ2) is 7.14. The molecule has 0 aliphatic carbocycles. The zero-order chi connectivity index (χ0) is 14.4. The van der Waals surface area contributed by atoms with Crippen LogP contribution in [0.5, 0.6) is 0 Å². The molecule has 0 fully saturated rings. The van der Waals surface area contributed by atoms with E-state index in [1.807, 2.05) is 22.9 Å². The van der Waals surface area contributed by atoms with Crippen molar-refractivity contribution in [2.75, 3.05) is 0 Å². The third-order valence-electron chi connectivity index (χ3n) is 3.11. The van der Waals surface area contributed by atoms with E-state index in [9.17, 15) is 5.11 Å². The van der Waals surface area contributed by atoms with Crippen LogP contribution in [-0.4, -0.2) is 31.0 Å². The molecule has 0 aliphatic rings. The zero-order valence-corrected chi connectivity index (χ0v) is 12.1. The second-order valence-corrected chi connectivity index (χ2v) is 5.47. The molecule has 0 saturated carbocycles. The fourth-order valence-corrected chi connectivity index (χ4v) is 2.12. The number of nitrogens with zero attached hydrogens (tertiary/aromatic N) is 4. The first kappa shape index (κ1) is 14.7. The van der Waals surface area contributed by atoms with Crippen molar-refractivity contribution in [1.82, 2.24) is 19.7 Å². The highest BCUT2D eigenvalue weighted by molar-refractivity contribution is 5.03. The fourth-order valence-electron chi connectivity index (χ4n) is 2.12. The first-order valence-corrected chi connectivity index (χ1v) is 7.10. The maximum Gasteiger partial charge on any atom is 0.138 e. The summed E-state index contributed by atoms with van der Waals surface area (Å²) in [7, 11) is 0. The van der Waals surface area contributed by atoms with Crippen LogP contribution in [0.4, 0.5) is 0 Å².